The Morgan fingerprint density at radius 2 is 1.05 bits per heavy atom. The van der Waals surface area contributed by atoms with Crippen LogP contribution < -0.4 is 11.1 Å². The Hall–Kier alpha value is -5.61. The minimum atomic E-state index is -0.407. The molecule has 0 bridgehead atoms. The fraction of sp³-hybridized carbons (Fsp3) is 0.0323. The number of benzene rings is 4. The van der Waals surface area contributed by atoms with Gasteiger partial charge in [0.05, 0.1) is 0 Å². The second-order valence-electron chi connectivity index (χ2n) is 8.07. The van der Waals surface area contributed by atoms with E-state index in [0.29, 0.717) is 22.8 Å². The molecule has 0 spiro atoms. The van der Waals surface area contributed by atoms with Crippen molar-refractivity contribution in [3.63, 3.8) is 0 Å². The third-order valence-electron chi connectivity index (χ3n) is 5.19. The van der Waals surface area contributed by atoms with Gasteiger partial charge in [-0.15, -0.1) is 0 Å². The second kappa shape index (κ2) is 15.8. The SMILES string of the molecule is C.Nc1nc(-c2ccccc2)no1.O=C(Cl)c1ccccc1.O=C(Nc1nc(-c2ccccc2)no1)c1ccccc1. The van der Waals surface area contributed by atoms with Gasteiger partial charge in [-0.05, 0) is 23.7 Å². The molecule has 0 radical (unpaired) electrons. The number of nitrogens with one attached hydrogen (secondary N) is 1. The highest BCUT2D eigenvalue weighted by molar-refractivity contribution is 6.67. The normalized spacial score (nSPS) is 9.64. The molecule has 212 valence electrons. The smallest absolute Gasteiger partial charge is 0.328 e. The Morgan fingerprint density at radius 3 is 1.48 bits per heavy atom. The Balaban J connectivity index is 0.000000188. The van der Waals surface area contributed by atoms with Gasteiger partial charge in [-0.1, -0.05) is 127 Å². The molecule has 0 atom stereocenters. The lowest BCUT2D eigenvalue weighted by molar-refractivity contribution is 0.102. The molecule has 0 aliphatic heterocycles. The summed E-state index contributed by atoms with van der Waals surface area (Å²) >= 11 is 5.16. The van der Waals surface area contributed by atoms with Gasteiger partial charge in [0.1, 0.15) is 0 Å². The molecule has 3 N–H and O–H groups in total. The summed E-state index contributed by atoms with van der Waals surface area (Å²) in [5.74, 6) is 0.677. The third kappa shape index (κ3) is 9.25. The van der Waals surface area contributed by atoms with E-state index >= 15 is 0 Å². The molecule has 11 heteroatoms. The standard InChI is InChI=1S/C15H11N3O2.C8H7N3O.C7H5ClO.CH4/c19-14(12-9-5-2-6-10-12)17-15-16-13(18-20-15)11-7-3-1-4-8-11;9-8-10-7(11-12-8)6-4-2-1-3-5-6;8-7(9)6-4-2-1-3-5-6;/h1-10H,(H,16,17,18,19);1-5H,(H2,9,10,11);1-5H;1H4. The van der Waals surface area contributed by atoms with Crippen molar-refractivity contribution in [1.82, 2.24) is 20.3 Å². The van der Waals surface area contributed by atoms with Crippen molar-refractivity contribution in [3.8, 4) is 22.8 Å². The molecule has 0 fully saturated rings. The van der Waals surface area contributed by atoms with Gasteiger partial charge in [0.15, 0.2) is 0 Å². The predicted molar refractivity (Wildman–Crippen MR) is 162 cm³/mol. The first-order valence-electron chi connectivity index (χ1n) is 12.1. The van der Waals surface area contributed by atoms with E-state index < -0.39 is 5.24 Å². The second-order valence-corrected chi connectivity index (χ2v) is 8.41. The van der Waals surface area contributed by atoms with Gasteiger partial charge in [0, 0.05) is 22.3 Å². The molecule has 4 aromatic carbocycles. The number of hydrogen-bond acceptors (Lipinski definition) is 9. The largest absolute Gasteiger partial charge is 0.351 e. The minimum absolute atomic E-state index is 0. The number of rotatable bonds is 5. The Bertz CT molecular complexity index is 1660. The fourth-order valence-corrected chi connectivity index (χ4v) is 3.37. The summed E-state index contributed by atoms with van der Waals surface area (Å²) in [5.41, 5.74) is 8.08. The number of nitrogen functional groups attached to an aromatic ring is 1. The first kappa shape index (κ1) is 30.9. The van der Waals surface area contributed by atoms with Crippen LogP contribution in [0.15, 0.2) is 130 Å². The summed E-state index contributed by atoms with van der Waals surface area (Å²) in [4.78, 5) is 30.3. The van der Waals surface area contributed by atoms with Crippen LogP contribution in [0.5, 0.6) is 0 Å². The van der Waals surface area contributed by atoms with Crippen LogP contribution >= 0.6 is 11.6 Å². The van der Waals surface area contributed by atoms with Crippen LogP contribution in [0.1, 0.15) is 28.1 Å². The molecule has 0 unspecified atom stereocenters. The fourth-order valence-electron chi connectivity index (χ4n) is 3.25. The molecule has 0 aliphatic carbocycles. The number of carbonyl (C=O) groups excluding carboxylic acids is 2. The predicted octanol–water partition coefficient (Wildman–Crippen LogP) is 7.01. The van der Waals surface area contributed by atoms with Crippen molar-refractivity contribution in [2.45, 2.75) is 7.43 Å². The van der Waals surface area contributed by atoms with Crippen LogP contribution in [0.4, 0.5) is 12.0 Å². The maximum absolute atomic E-state index is 11.9. The molecule has 2 heterocycles. The molecule has 0 aliphatic rings. The van der Waals surface area contributed by atoms with Crippen LogP contribution in [0.2, 0.25) is 0 Å². The summed E-state index contributed by atoms with van der Waals surface area (Å²) in [6.07, 6.45) is 0. The van der Waals surface area contributed by atoms with Crippen molar-refractivity contribution in [3.05, 3.63) is 132 Å². The number of nitrogens with two attached hydrogens (primary N) is 1. The summed E-state index contributed by atoms with van der Waals surface area (Å²) in [5, 5.41) is 9.67. The number of anilines is 2. The number of nitrogens with zero attached hydrogens (tertiary/aromatic N) is 4. The summed E-state index contributed by atoms with van der Waals surface area (Å²) in [6.45, 7) is 0. The van der Waals surface area contributed by atoms with E-state index in [-0.39, 0.29) is 25.4 Å². The van der Waals surface area contributed by atoms with Crippen LogP contribution in [0.3, 0.4) is 0 Å². The van der Waals surface area contributed by atoms with Crippen LogP contribution in [0.25, 0.3) is 22.8 Å². The average molecular weight is 583 g/mol. The highest BCUT2D eigenvalue weighted by Crippen LogP contribution is 2.17. The third-order valence-corrected chi connectivity index (χ3v) is 5.41. The zero-order valence-electron chi connectivity index (χ0n) is 21.4. The molecule has 0 saturated heterocycles. The molecule has 2 aromatic heterocycles. The van der Waals surface area contributed by atoms with Gasteiger partial charge >= 0.3 is 12.0 Å². The van der Waals surface area contributed by atoms with Gasteiger partial charge in [-0.3, -0.25) is 14.9 Å². The summed E-state index contributed by atoms with van der Waals surface area (Å²) in [6, 6.07) is 36.7. The lowest BCUT2D eigenvalue weighted by Gasteiger charge is -1.98. The molecular weight excluding hydrogens is 556 g/mol. The lowest BCUT2D eigenvalue weighted by atomic mass is 10.2. The van der Waals surface area contributed by atoms with Crippen LogP contribution in [-0.4, -0.2) is 31.4 Å². The average Bonchev–Trinajstić information content (AvgIpc) is 3.69. The van der Waals surface area contributed by atoms with E-state index in [1.165, 1.54) is 0 Å². The van der Waals surface area contributed by atoms with Crippen molar-refractivity contribution in [1.29, 1.82) is 0 Å². The van der Waals surface area contributed by atoms with Crippen LogP contribution in [0, 0.1) is 0 Å². The van der Waals surface area contributed by atoms with E-state index in [1.54, 1.807) is 48.5 Å². The first-order valence-corrected chi connectivity index (χ1v) is 12.5. The van der Waals surface area contributed by atoms with E-state index in [4.69, 9.17) is 21.9 Å². The number of aromatic nitrogens is 4. The lowest BCUT2D eigenvalue weighted by Crippen LogP contribution is -2.11. The number of carbonyl (C=O) groups is 2. The van der Waals surface area contributed by atoms with Gasteiger partial charge in [0.25, 0.3) is 11.1 Å². The van der Waals surface area contributed by atoms with Crippen molar-refractivity contribution >= 4 is 34.8 Å². The molecule has 6 rings (SSSR count). The summed E-state index contributed by atoms with van der Waals surface area (Å²) in [7, 11) is 0. The van der Waals surface area contributed by atoms with Crippen molar-refractivity contribution < 1.29 is 18.6 Å². The molecule has 1 amide bonds. The summed E-state index contributed by atoms with van der Waals surface area (Å²) < 4.78 is 9.65. The van der Waals surface area contributed by atoms with Crippen molar-refractivity contribution in [2.24, 2.45) is 0 Å². The minimum Gasteiger partial charge on any atom is -0.351 e. The van der Waals surface area contributed by atoms with E-state index in [2.05, 4.69) is 30.1 Å². The van der Waals surface area contributed by atoms with E-state index in [0.717, 1.165) is 11.1 Å². The highest BCUT2D eigenvalue weighted by Gasteiger charge is 2.12. The van der Waals surface area contributed by atoms with Gasteiger partial charge in [-0.25, -0.2) is 0 Å². The molecule has 0 saturated carbocycles. The number of amides is 1. The van der Waals surface area contributed by atoms with Gasteiger partial charge in [0.2, 0.25) is 11.6 Å². The quantitative estimate of drug-likeness (QED) is 0.204. The Labute approximate surface area is 247 Å². The Kier molecular flexibility index (Phi) is 11.7. The van der Waals surface area contributed by atoms with Gasteiger partial charge in [-0.2, -0.15) is 9.97 Å². The van der Waals surface area contributed by atoms with Gasteiger partial charge < -0.3 is 14.8 Å². The number of hydrogen-bond donors (Lipinski definition) is 2. The topological polar surface area (TPSA) is 150 Å². The molecule has 6 aromatic rings. The molecule has 42 heavy (non-hydrogen) atoms. The maximum atomic E-state index is 11.9. The monoisotopic (exact) mass is 582 g/mol. The maximum Gasteiger partial charge on any atom is 0.328 e. The highest BCUT2D eigenvalue weighted by atomic mass is 35.5. The zero-order valence-corrected chi connectivity index (χ0v) is 22.2. The van der Waals surface area contributed by atoms with Crippen LogP contribution in [-0.2, 0) is 0 Å². The van der Waals surface area contributed by atoms with E-state index in [9.17, 15) is 9.59 Å². The zero-order chi connectivity index (χ0) is 28.9. The van der Waals surface area contributed by atoms with E-state index in [1.807, 2.05) is 72.8 Å². The molecule has 10 nitrogen and oxygen atoms in total. The van der Waals surface area contributed by atoms with Crippen molar-refractivity contribution in [2.75, 3.05) is 11.1 Å². The molecular formula is C31H27ClN6O4. The number of halogens is 1. The Morgan fingerprint density at radius 1 is 0.619 bits per heavy atom. The first-order chi connectivity index (χ1) is 20.0.